The standard InChI is InChI=1S/C7H7NO7/c8-5(11)2-1-14-6(12)3(9)4(10)7(13)15-2/h1,3-4,9-10H,(H2,8,11)/b2-1-. The SMILES string of the molecule is NC(=O)/C1=C/OC(=O)C(O)C(O)C(=O)O1. The van der Waals surface area contributed by atoms with E-state index in [1.54, 1.807) is 0 Å². The van der Waals surface area contributed by atoms with E-state index in [9.17, 15) is 14.4 Å². The highest BCUT2D eigenvalue weighted by Gasteiger charge is 2.36. The number of aliphatic hydroxyl groups is 2. The summed E-state index contributed by atoms with van der Waals surface area (Å²) in [4.78, 5) is 32.4. The number of primary amides is 1. The highest BCUT2D eigenvalue weighted by atomic mass is 16.6. The predicted molar refractivity (Wildman–Crippen MR) is 41.5 cm³/mol. The largest absolute Gasteiger partial charge is 0.428 e. The maximum atomic E-state index is 10.9. The van der Waals surface area contributed by atoms with E-state index in [0.29, 0.717) is 6.26 Å². The number of amides is 1. The molecule has 82 valence electrons. The summed E-state index contributed by atoms with van der Waals surface area (Å²) >= 11 is 0. The van der Waals surface area contributed by atoms with Gasteiger partial charge in [-0.15, -0.1) is 0 Å². The monoisotopic (exact) mass is 217 g/mol. The van der Waals surface area contributed by atoms with E-state index < -0.39 is 35.8 Å². The van der Waals surface area contributed by atoms with Crippen LogP contribution in [0.15, 0.2) is 12.0 Å². The summed E-state index contributed by atoms with van der Waals surface area (Å²) in [5, 5.41) is 18.0. The average Bonchev–Trinajstić information content (AvgIpc) is 2.19. The highest BCUT2D eigenvalue weighted by Crippen LogP contribution is 2.09. The molecular formula is C7H7NO7. The third-order valence-electron chi connectivity index (χ3n) is 1.52. The van der Waals surface area contributed by atoms with E-state index in [4.69, 9.17) is 15.9 Å². The Hall–Kier alpha value is -1.93. The summed E-state index contributed by atoms with van der Waals surface area (Å²) < 4.78 is 8.44. The lowest BCUT2D eigenvalue weighted by Crippen LogP contribution is -2.43. The third kappa shape index (κ3) is 2.30. The molecule has 1 rings (SSSR count). The van der Waals surface area contributed by atoms with E-state index in [0.717, 1.165) is 0 Å². The number of cyclic esters (lactones) is 2. The van der Waals surface area contributed by atoms with Gasteiger partial charge in [-0.3, -0.25) is 4.79 Å². The van der Waals surface area contributed by atoms with Crippen molar-refractivity contribution in [2.75, 3.05) is 0 Å². The Morgan fingerprint density at radius 1 is 1.27 bits per heavy atom. The molecule has 1 heterocycles. The van der Waals surface area contributed by atoms with Crippen molar-refractivity contribution in [3.8, 4) is 0 Å². The van der Waals surface area contributed by atoms with E-state index in [1.165, 1.54) is 0 Å². The lowest BCUT2D eigenvalue weighted by atomic mass is 10.2. The van der Waals surface area contributed by atoms with Crippen LogP contribution in [0.5, 0.6) is 0 Å². The van der Waals surface area contributed by atoms with Crippen molar-refractivity contribution >= 4 is 17.8 Å². The van der Waals surface area contributed by atoms with Crippen molar-refractivity contribution in [2.45, 2.75) is 12.2 Å². The maximum Gasteiger partial charge on any atom is 0.344 e. The molecule has 0 fully saturated rings. The zero-order chi connectivity index (χ0) is 11.6. The second-order valence-electron chi connectivity index (χ2n) is 2.59. The molecule has 8 heteroatoms. The van der Waals surface area contributed by atoms with Gasteiger partial charge in [0.1, 0.15) is 6.26 Å². The average molecular weight is 217 g/mol. The van der Waals surface area contributed by atoms with Crippen LogP contribution in [-0.4, -0.2) is 40.3 Å². The summed E-state index contributed by atoms with van der Waals surface area (Å²) in [5.41, 5.74) is 4.76. The number of rotatable bonds is 1. The third-order valence-corrected chi connectivity index (χ3v) is 1.52. The van der Waals surface area contributed by atoms with Crippen molar-refractivity contribution in [1.82, 2.24) is 0 Å². The molecule has 2 atom stereocenters. The number of hydrogen-bond donors (Lipinski definition) is 3. The maximum absolute atomic E-state index is 10.9. The molecule has 0 saturated carbocycles. The number of carbonyl (C=O) groups excluding carboxylic acids is 3. The molecule has 0 aliphatic carbocycles. The van der Waals surface area contributed by atoms with Gasteiger partial charge in [-0.1, -0.05) is 0 Å². The van der Waals surface area contributed by atoms with E-state index >= 15 is 0 Å². The molecule has 8 nitrogen and oxygen atoms in total. The van der Waals surface area contributed by atoms with E-state index in [-0.39, 0.29) is 0 Å². The fraction of sp³-hybridized carbons (Fsp3) is 0.286. The molecule has 0 aromatic carbocycles. The number of esters is 2. The lowest BCUT2D eigenvalue weighted by Gasteiger charge is -2.17. The molecule has 1 amide bonds. The van der Waals surface area contributed by atoms with Gasteiger partial charge in [0.15, 0.2) is 12.2 Å². The van der Waals surface area contributed by atoms with Gasteiger partial charge < -0.3 is 25.4 Å². The van der Waals surface area contributed by atoms with Gasteiger partial charge in [0.05, 0.1) is 0 Å². The summed E-state index contributed by atoms with van der Waals surface area (Å²) in [6, 6.07) is 0. The first-order valence-corrected chi connectivity index (χ1v) is 3.71. The first-order chi connectivity index (χ1) is 6.93. The van der Waals surface area contributed by atoms with E-state index in [2.05, 4.69) is 9.47 Å². The van der Waals surface area contributed by atoms with Gasteiger partial charge in [0, 0.05) is 0 Å². The normalized spacial score (nSPS) is 30.4. The molecule has 0 saturated heterocycles. The van der Waals surface area contributed by atoms with Crippen LogP contribution in [-0.2, 0) is 23.9 Å². The fourth-order valence-electron chi connectivity index (χ4n) is 0.740. The van der Waals surface area contributed by atoms with Crippen LogP contribution >= 0.6 is 0 Å². The Labute approximate surface area is 82.9 Å². The minimum Gasteiger partial charge on any atom is -0.428 e. The second-order valence-corrected chi connectivity index (χ2v) is 2.59. The number of nitrogens with two attached hydrogens (primary N) is 1. The summed E-state index contributed by atoms with van der Waals surface area (Å²) in [6.07, 6.45) is -3.71. The summed E-state index contributed by atoms with van der Waals surface area (Å²) in [7, 11) is 0. The number of hydrogen-bond acceptors (Lipinski definition) is 7. The zero-order valence-corrected chi connectivity index (χ0v) is 7.25. The van der Waals surface area contributed by atoms with Gasteiger partial charge in [0.25, 0.3) is 5.91 Å². The van der Waals surface area contributed by atoms with Crippen molar-refractivity contribution in [3.63, 3.8) is 0 Å². The lowest BCUT2D eigenvalue weighted by molar-refractivity contribution is -0.171. The molecule has 4 N–H and O–H groups in total. The smallest absolute Gasteiger partial charge is 0.344 e. The van der Waals surface area contributed by atoms with Crippen LogP contribution in [0.3, 0.4) is 0 Å². The minimum atomic E-state index is -2.12. The Bertz CT molecular complexity index is 347. The number of aliphatic hydroxyl groups excluding tert-OH is 2. The highest BCUT2D eigenvalue weighted by molar-refractivity contribution is 5.95. The summed E-state index contributed by atoms with van der Waals surface area (Å²) in [6.45, 7) is 0. The van der Waals surface area contributed by atoms with Gasteiger partial charge in [0.2, 0.25) is 5.76 Å². The zero-order valence-electron chi connectivity index (χ0n) is 7.25. The van der Waals surface area contributed by atoms with E-state index in [1.807, 2.05) is 0 Å². The van der Waals surface area contributed by atoms with Crippen molar-refractivity contribution in [1.29, 1.82) is 0 Å². The second kappa shape index (κ2) is 4.07. The first-order valence-electron chi connectivity index (χ1n) is 3.71. The fourth-order valence-corrected chi connectivity index (χ4v) is 0.740. The van der Waals surface area contributed by atoms with Gasteiger partial charge in [-0.25, -0.2) is 9.59 Å². The van der Waals surface area contributed by atoms with Crippen LogP contribution in [0, 0.1) is 0 Å². The predicted octanol–water partition coefficient (Wildman–Crippen LogP) is -2.87. The Balaban J connectivity index is 2.98. The van der Waals surface area contributed by atoms with Crippen molar-refractivity contribution in [2.24, 2.45) is 5.73 Å². The first kappa shape index (κ1) is 11.1. The molecule has 0 spiro atoms. The number of ether oxygens (including phenoxy) is 2. The molecule has 15 heavy (non-hydrogen) atoms. The van der Waals surface area contributed by atoms with Gasteiger partial charge in [-0.2, -0.15) is 0 Å². The Kier molecular flexibility index (Phi) is 3.02. The molecular weight excluding hydrogens is 210 g/mol. The molecule has 0 aromatic heterocycles. The van der Waals surface area contributed by atoms with Gasteiger partial charge >= 0.3 is 11.9 Å². The molecule has 0 bridgehead atoms. The van der Waals surface area contributed by atoms with Crippen molar-refractivity contribution in [3.05, 3.63) is 12.0 Å². The van der Waals surface area contributed by atoms with Crippen LogP contribution in [0.1, 0.15) is 0 Å². The van der Waals surface area contributed by atoms with Crippen LogP contribution < -0.4 is 5.73 Å². The topological polar surface area (TPSA) is 136 Å². The quantitative estimate of drug-likeness (QED) is 0.401. The summed E-state index contributed by atoms with van der Waals surface area (Å²) in [5.74, 6) is -4.55. The molecule has 0 radical (unpaired) electrons. The van der Waals surface area contributed by atoms with Crippen LogP contribution in [0.25, 0.3) is 0 Å². The number of carbonyl (C=O) groups is 3. The minimum absolute atomic E-state index is 0.484. The Morgan fingerprint density at radius 3 is 2.33 bits per heavy atom. The molecule has 2 unspecified atom stereocenters. The molecule has 1 aliphatic heterocycles. The van der Waals surface area contributed by atoms with Crippen LogP contribution in [0.2, 0.25) is 0 Å². The van der Waals surface area contributed by atoms with Gasteiger partial charge in [-0.05, 0) is 0 Å². The van der Waals surface area contributed by atoms with Crippen LogP contribution in [0.4, 0.5) is 0 Å². The molecule has 1 aliphatic rings. The van der Waals surface area contributed by atoms with Crippen molar-refractivity contribution < 1.29 is 34.1 Å². The molecule has 0 aromatic rings. The Morgan fingerprint density at radius 2 is 1.80 bits per heavy atom.